The predicted molar refractivity (Wildman–Crippen MR) is 97.8 cm³/mol. The number of carbonyl (C=O) groups is 2. The molecule has 0 bridgehead atoms. The normalized spacial score (nSPS) is 20.7. The van der Waals surface area contributed by atoms with E-state index in [4.69, 9.17) is 5.73 Å². The lowest BCUT2D eigenvalue weighted by atomic mass is 9.95. The average molecular weight is 331 g/mol. The highest BCUT2D eigenvalue weighted by atomic mass is 16.2. The van der Waals surface area contributed by atoms with Crippen LogP contribution in [-0.2, 0) is 9.59 Å². The van der Waals surface area contributed by atoms with Gasteiger partial charge in [-0.3, -0.25) is 9.59 Å². The SMILES string of the molecule is Cc1ccc(NC(=O)C[C@@H]2CCC[C@H]2N)cc1NC(=O)C(C)(C)C. The van der Waals surface area contributed by atoms with E-state index in [0.717, 1.165) is 30.5 Å². The van der Waals surface area contributed by atoms with E-state index in [9.17, 15) is 9.59 Å². The molecule has 1 aliphatic rings. The second-order valence-corrected chi connectivity index (χ2v) is 7.84. The largest absolute Gasteiger partial charge is 0.327 e. The third-order valence-electron chi connectivity index (χ3n) is 4.62. The Labute approximate surface area is 144 Å². The van der Waals surface area contributed by atoms with Crippen LogP contribution in [0.1, 0.15) is 52.0 Å². The maximum absolute atomic E-state index is 12.2. The molecule has 5 nitrogen and oxygen atoms in total. The van der Waals surface area contributed by atoms with Crippen molar-refractivity contribution in [3.05, 3.63) is 23.8 Å². The number of carbonyl (C=O) groups excluding carboxylic acids is 2. The fourth-order valence-electron chi connectivity index (χ4n) is 2.91. The van der Waals surface area contributed by atoms with Crippen molar-refractivity contribution in [3.8, 4) is 0 Å². The number of rotatable bonds is 4. The van der Waals surface area contributed by atoms with Crippen LogP contribution >= 0.6 is 0 Å². The summed E-state index contributed by atoms with van der Waals surface area (Å²) >= 11 is 0. The molecule has 2 amide bonds. The molecule has 0 spiro atoms. The summed E-state index contributed by atoms with van der Waals surface area (Å²) < 4.78 is 0. The molecular formula is C19H29N3O2. The molecule has 1 aromatic rings. The van der Waals surface area contributed by atoms with Gasteiger partial charge in [0, 0.05) is 29.3 Å². The van der Waals surface area contributed by atoms with Gasteiger partial charge in [-0.05, 0) is 43.4 Å². The molecule has 1 fully saturated rings. The van der Waals surface area contributed by atoms with Crippen molar-refractivity contribution in [2.75, 3.05) is 10.6 Å². The Morgan fingerprint density at radius 1 is 1.21 bits per heavy atom. The molecule has 2 rings (SSSR count). The summed E-state index contributed by atoms with van der Waals surface area (Å²) in [6.07, 6.45) is 3.59. The molecule has 1 aromatic carbocycles. The number of anilines is 2. The molecule has 132 valence electrons. The number of hydrogen-bond acceptors (Lipinski definition) is 3. The zero-order chi connectivity index (χ0) is 17.9. The molecule has 0 radical (unpaired) electrons. The lowest BCUT2D eigenvalue weighted by Crippen LogP contribution is -2.28. The summed E-state index contributed by atoms with van der Waals surface area (Å²) in [6.45, 7) is 7.54. The van der Waals surface area contributed by atoms with E-state index < -0.39 is 5.41 Å². The fourth-order valence-corrected chi connectivity index (χ4v) is 2.91. The van der Waals surface area contributed by atoms with E-state index >= 15 is 0 Å². The van der Waals surface area contributed by atoms with Gasteiger partial charge in [0.2, 0.25) is 11.8 Å². The van der Waals surface area contributed by atoms with Crippen molar-refractivity contribution < 1.29 is 9.59 Å². The molecule has 0 heterocycles. The minimum Gasteiger partial charge on any atom is -0.327 e. The van der Waals surface area contributed by atoms with Crippen LogP contribution < -0.4 is 16.4 Å². The van der Waals surface area contributed by atoms with Crippen LogP contribution in [-0.4, -0.2) is 17.9 Å². The summed E-state index contributed by atoms with van der Waals surface area (Å²) in [5.74, 6) is 0.204. The maximum Gasteiger partial charge on any atom is 0.229 e. The second kappa shape index (κ2) is 7.34. The topological polar surface area (TPSA) is 84.2 Å². The minimum absolute atomic E-state index is 0.0192. The number of nitrogens with two attached hydrogens (primary N) is 1. The lowest BCUT2D eigenvalue weighted by Gasteiger charge is -2.19. The molecule has 24 heavy (non-hydrogen) atoms. The van der Waals surface area contributed by atoms with Gasteiger partial charge in [-0.25, -0.2) is 0 Å². The molecular weight excluding hydrogens is 302 g/mol. The number of benzene rings is 1. The van der Waals surface area contributed by atoms with Gasteiger partial charge >= 0.3 is 0 Å². The van der Waals surface area contributed by atoms with Crippen LogP contribution in [0.4, 0.5) is 11.4 Å². The lowest BCUT2D eigenvalue weighted by molar-refractivity contribution is -0.123. The fraction of sp³-hybridized carbons (Fsp3) is 0.579. The van der Waals surface area contributed by atoms with Crippen LogP contribution in [0.2, 0.25) is 0 Å². The number of nitrogens with one attached hydrogen (secondary N) is 2. The number of hydrogen-bond donors (Lipinski definition) is 3. The quantitative estimate of drug-likeness (QED) is 0.790. The molecule has 1 saturated carbocycles. The first-order chi connectivity index (χ1) is 11.2. The Hall–Kier alpha value is -1.88. The first-order valence-corrected chi connectivity index (χ1v) is 8.64. The second-order valence-electron chi connectivity index (χ2n) is 7.84. The highest BCUT2D eigenvalue weighted by Crippen LogP contribution is 2.28. The molecule has 0 aliphatic heterocycles. The van der Waals surface area contributed by atoms with Gasteiger partial charge in [-0.1, -0.05) is 33.3 Å². The molecule has 2 atom stereocenters. The zero-order valence-electron chi connectivity index (χ0n) is 15.1. The predicted octanol–water partition coefficient (Wildman–Crippen LogP) is 3.44. The molecule has 0 unspecified atom stereocenters. The number of amides is 2. The van der Waals surface area contributed by atoms with Crippen molar-refractivity contribution in [2.45, 2.75) is 59.4 Å². The van der Waals surface area contributed by atoms with E-state index in [1.54, 1.807) is 0 Å². The minimum atomic E-state index is -0.468. The summed E-state index contributed by atoms with van der Waals surface area (Å²) in [5, 5.41) is 5.86. The van der Waals surface area contributed by atoms with Gasteiger partial charge in [0.15, 0.2) is 0 Å². The van der Waals surface area contributed by atoms with Crippen molar-refractivity contribution in [3.63, 3.8) is 0 Å². The van der Waals surface area contributed by atoms with Gasteiger partial charge in [-0.15, -0.1) is 0 Å². The van der Waals surface area contributed by atoms with Gasteiger partial charge in [0.1, 0.15) is 0 Å². The van der Waals surface area contributed by atoms with Crippen LogP contribution in [0, 0.1) is 18.3 Å². The van der Waals surface area contributed by atoms with E-state index in [0.29, 0.717) is 12.1 Å². The highest BCUT2D eigenvalue weighted by Gasteiger charge is 2.26. The molecule has 0 saturated heterocycles. The Morgan fingerprint density at radius 3 is 2.50 bits per heavy atom. The zero-order valence-corrected chi connectivity index (χ0v) is 15.1. The van der Waals surface area contributed by atoms with E-state index in [-0.39, 0.29) is 23.8 Å². The van der Waals surface area contributed by atoms with Crippen molar-refractivity contribution >= 4 is 23.2 Å². The van der Waals surface area contributed by atoms with Gasteiger partial charge in [0.05, 0.1) is 0 Å². The van der Waals surface area contributed by atoms with Gasteiger partial charge in [0.25, 0.3) is 0 Å². The van der Waals surface area contributed by atoms with Crippen molar-refractivity contribution in [1.82, 2.24) is 0 Å². The Morgan fingerprint density at radius 2 is 1.92 bits per heavy atom. The van der Waals surface area contributed by atoms with E-state index in [1.165, 1.54) is 0 Å². The van der Waals surface area contributed by atoms with Crippen LogP contribution in [0.5, 0.6) is 0 Å². The van der Waals surface area contributed by atoms with Crippen LogP contribution in [0.15, 0.2) is 18.2 Å². The average Bonchev–Trinajstić information content (AvgIpc) is 2.86. The molecule has 4 N–H and O–H groups in total. The standard InChI is InChI=1S/C19H29N3O2/c1-12-8-9-14(11-16(12)22-18(24)19(2,3)4)21-17(23)10-13-6-5-7-15(13)20/h8-9,11,13,15H,5-7,10,20H2,1-4H3,(H,21,23)(H,22,24)/t13-,15+/m0/s1. The van der Waals surface area contributed by atoms with Crippen LogP contribution in [0.25, 0.3) is 0 Å². The van der Waals surface area contributed by atoms with E-state index in [2.05, 4.69) is 10.6 Å². The first-order valence-electron chi connectivity index (χ1n) is 8.64. The van der Waals surface area contributed by atoms with Crippen molar-refractivity contribution in [2.24, 2.45) is 17.1 Å². The smallest absolute Gasteiger partial charge is 0.229 e. The Kier molecular flexibility index (Phi) is 5.65. The highest BCUT2D eigenvalue weighted by molar-refractivity contribution is 5.97. The Bertz CT molecular complexity index is 620. The summed E-state index contributed by atoms with van der Waals surface area (Å²) in [6, 6.07) is 5.70. The van der Waals surface area contributed by atoms with Crippen molar-refractivity contribution in [1.29, 1.82) is 0 Å². The summed E-state index contributed by atoms with van der Waals surface area (Å²) in [4.78, 5) is 24.4. The Balaban J connectivity index is 2.02. The molecule has 5 heteroatoms. The van der Waals surface area contributed by atoms with Gasteiger partial charge in [-0.2, -0.15) is 0 Å². The van der Waals surface area contributed by atoms with Gasteiger partial charge < -0.3 is 16.4 Å². The monoisotopic (exact) mass is 331 g/mol. The maximum atomic E-state index is 12.2. The van der Waals surface area contributed by atoms with E-state index in [1.807, 2.05) is 45.9 Å². The molecule has 0 aromatic heterocycles. The van der Waals surface area contributed by atoms with Crippen LogP contribution in [0.3, 0.4) is 0 Å². The number of aryl methyl sites for hydroxylation is 1. The third kappa shape index (κ3) is 4.81. The first kappa shape index (κ1) is 18.5. The summed E-state index contributed by atoms with van der Waals surface area (Å²) in [5.41, 5.74) is 7.95. The third-order valence-corrected chi connectivity index (χ3v) is 4.62. The molecule has 1 aliphatic carbocycles. The summed E-state index contributed by atoms with van der Waals surface area (Å²) in [7, 11) is 0.